The molecular formula is C28H25Cl2N5O2. The summed E-state index contributed by atoms with van der Waals surface area (Å²) in [5, 5.41) is 11.3. The van der Waals surface area contributed by atoms with Gasteiger partial charge in [0, 0.05) is 49.3 Å². The minimum absolute atomic E-state index is 0.00530. The van der Waals surface area contributed by atoms with Crippen molar-refractivity contribution in [1.82, 2.24) is 14.5 Å². The first kappa shape index (κ1) is 25.1. The molecule has 4 aromatic rings. The van der Waals surface area contributed by atoms with Crippen molar-refractivity contribution in [3.63, 3.8) is 0 Å². The van der Waals surface area contributed by atoms with Gasteiger partial charge in [0.1, 0.15) is 17.1 Å². The first-order chi connectivity index (χ1) is 17.9. The van der Waals surface area contributed by atoms with Crippen LogP contribution in [0.4, 0.5) is 5.69 Å². The average molecular weight is 534 g/mol. The molecule has 2 aromatic carbocycles. The van der Waals surface area contributed by atoms with Crippen molar-refractivity contribution in [2.75, 3.05) is 38.2 Å². The maximum absolute atomic E-state index is 13.1. The van der Waals surface area contributed by atoms with Gasteiger partial charge in [-0.25, -0.2) is 4.98 Å². The fraction of sp³-hybridized carbons (Fsp3) is 0.250. The Kier molecular flexibility index (Phi) is 7.07. The van der Waals surface area contributed by atoms with Crippen LogP contribution in [0.25, 0.3) is 11.0 Å². The number of rotatable bonds is 5. The second kappa shape index (κ2) is 10.4. The van der Waals surface area contributed by atoms with Crippen molar-refractivity contribution in [2.45, 2.75) is 6.04 Å². The number of pyridine rings is 2. The van der Waals surface area contributed by atoms with Gasteiger partial charge in [0.2, 0.25) is 5.88 Å². The maximum Gasteiger partial charge on any atom is 0.270 e. The molecule has 7 nitrogen and oxygen atoms in total. The lowest BCUT2D eigenvalue weighted by molar-refractivity contribution is 0.212. The number of piperazine rings is 1. The van der Waals surface area contributed by atoms with Crippen LogP contribution in [0.1, 0.15) is 22.7 Å². The molecule has 188 valence electrons. The number of aryl methyl sites for hydroxylation is 1. The Morgan fingerprint density at radius 2 is 1.49 bits per heavy atom. The fourth-order valence-corrected chi connectivity index (χ4v) is 5.26. The van der Waals surface area contributed by atoms with Gasteiger partial charge in [-0.05, 0) is 41.5 Å². The molecule has 0 aliphatic carbocycles. The largest absolute Gasteiger partial charge is 0.481 e. The van der Waals surface area contributed by atoms with Gasteiger partial charge in [0.25, 0.3) is 5.56 Å². The SMILES string of the molecule is COc1ccc2c(n1)c(N1CCN(C(c3ccc(Cl)cc3)c3ccc(Cl)cc3)CC1)c(C#N)c(=O)n2C. The van der Waals surface area contributed by atoms with E-state index in [0.717, 1.165) is 11.1 Å². The van der Waals surface area contributed by atoms with E-state index in [1.54, 1.807) is 26.3 Å². The van der Waals surface area contributed by atoms with E-state index in [0.29, 0.717) is 58.8 Å². The van der Waals surface area contributed by atoms with Crippen LogP contribution < -0.4 is 15.2 Å². The lowest BCUT2D eigenvalue weighted by Gasteiger charge is -2.41. The molecule has 9 heteroatoms. The first-order valence-corrected chi connectivity index (χ1v) is 12.6. The van der Waals surface area contributed by atoms with Gasteiger partial charge < -0.3 is 14.2 Å². The van der Waals surface area contributed by atoms with Gasteiger partial charge >= 0.3 is 0 Å². The first-order valence-electron chi connectivity index (χ1n) is 11.9. The van der Waals surface area contributed by atoms with Crippen molar-refractivity contribution >= 4 is 39.9 Å². The maximum atomic E-state index is 13.1. The number of methoxy groups -OCH3 is 1. The molecule has 1 fully saturated rings. The monoisotopic (exact) mass is 533 g/mol. The molecule has 1 saturated heterocycles. The molecule has 0 amide bonds. The summed E-state index contributed by atoms with van der Waals surface area (Å²) in [6, 6.07) is 21.5. The number of aromatic nitrogens is 2. The summed E-state index contributed by atoms with van der Waals surface area (Å²) in [4.78, 5) is 22.2. The molecule has 2 aromatic heterocycles. The third-order valence-electron chi connectivity index (χ3n) is 6.88. The number of fused-ring (bicyclic) bond motifs is 1. The summed E-state index contributed by atoms with van der Waals surface area (Å²) in [6.45, 7) is 2.66. The normalized spacial score (nSPS) is 14.2. The number of nitriles is 1. The quantitative estimate of drug-likeness (QED) is 0.358. The highest BCUT2D eigenvalue weighted by atomic mass is 35.5. The average Bonchev–Trinajstić information content (AvgIpc) is 2.93. The van der Waals surface area contributed by atoms with Gasteiger partial charge in [0.15, 0.2) is 0 Å². The minimum Gasteiger partial charge on any atom is -0.481 e. The van der Waals surface area contributed by atoms with Crippen LogP contribution in [0, 0.1) is 11.3 Å². The van der Waals surface area contributed by atoms with E-state index in [1.165, 1.54) is 4.57 Å². The van der Waals surface area contributed by atoms with Crippen LogP contribution >= 0.6 is 23.2 Å². The number of halogens is 2. The molecular weight excluding hydrogens is 509 g/mol. The molecule has 0 N–H and O–H groups in total. The third-order valence-corrected chi connectivity index (χ3v) is 7.38. The predicted octanol–water partition coefficient (Wildman–Crippen LogP) is 5.03. The van der Waals surface area contributed by atoms with E-state index in [-0.39, 0.29) is 17.2 Å². The van der Waals surface area contributed by atoms with Crippen molar-refractivity contribution in [2.24, 2.45) is 7.05 Å². The lowest BCUT2D eigenvalue weighted by atomic mass is 9.96. The molecule has 1 aliphatic heterocycles. The lowest BCUT2D eigenvalue weighted by Crippen LogP contribution is -2.48. The fourth-order valence-electron chi connectivity index (χ4n) is 5.01. The molecule has 0 atom stereocenters. The van der Waals surface area contributed by atoms with Crippen molar-refractivity contribution in [3.05, 3.63) is 97.8 Å². The number of benzene rings is 2. The molecule has 37 heavy (non-hydrogen) atoms. The van der Waals surface area contributed by atoms with E-state index in [9.17, 15) is 10.1 Å². The van der Waals surface area contributed by atoms with E-state index in [4.69, 9.17) is 27.9 Å². The smallest absolute Gasteiger partial charge is 0.270 e. The van der Waals surface area contributed by atoms with Crippen LogP contribution in [0.15, 0.2) is 65.5 Å². The van der Waals surface area contributed by atoms with Gasteiger partial charge in [-0.15, -0.1) is 0 Å². The van der Waals surface area contributed by atoms with Gasteiger partial charge in [-0.2, -0.15) is 5.26 Å². The molecule has 1 aliphatic rings. The Morgan fingerprint density at radius 3 is 2.00 bits per heavy atom. The number of anilines is 1. The van der Waals surface area contributed by atoms with Crippen LogP contribution in [-0.4, -0.2) is 47.7 Å². The number of ether oxygens (including phenoxy) is 1. The van der Waals surface area contributed by atoms with Crippen molar-refractivity contribution in [1.29, 1.82) is 5.26 Å². The highest BCUT2D eigenvalue weighted by Gasteiger charge is 2.30. The Labute approximate surface area is 225 Å². The predicted molar refractivity (Wildman–Crippen MR) is 147 cm³/mol. The second-order valence-electron chi connectivity index (χ2n) is 8.95. The van der Waals surface area contributed by atoms with Crippen LogP contribution in [0.2, 0.25) is 10.0 Å². The topological polar surface area (TPSA) is 74.4 Å². The molecule has 0 unspecified atom stereocenters. The summed E-state index contributed by atoms with van der Waals surface area (Å²) in [5.41, 5.74) is 3.82. The Morgan fingerprint density at radius 1 is 0.919 bits per heavy atom. The second-order valence-corrected chi connectivity index (χ2v) is 9.82. The van der Waals surface area contributed by atoms with Gasteiger partial charge in [-0.3, -0.25) is 9.69 Å². The minimum atomic E-state index is -0.334. The standard InChI is InChI=1S/C28H25Cl2N5O2/c1-33-23-11-12-24(37-2)32-25(23)27(22(17-31)28(33)36)35-15-13-34(14-16-35)26(18-3-7-20(29)8-4-18)19-5-9-21(30)10-6-19/h3-12,26H,13-16H2,1-2H3. The highest BCUT2D eigenvalue weighted by molar-refractivity contribution is 6.30. The summed E-state index contributed by atoms with van der Waals surface area (Å²) in [7, 11) is 3.21. The van der Waals surface area contributed by atoms with Crippen molar-refractivity contribution < 1.29 is 4.74 Å². The third kappa shape index (κ3) is 4.76. The molecule has 0 saturated carbocycles. The number of hydrogen-bond donors (Lipinski definition) is 0. The molecule has 0 bridgehead atoms. The van der Waals surface area contributed by atoms with E-state index in [1.807, 2.05) is 48.5 Å². The summed E-state index contributed by atoms with van der Waals surface area (Å²) >= 11 is 12.3. The Bertz CT molecular complexity index is 1490. The van der Waals surface area contributed by atoms with E-state index >= 15 is 0 Å². The number of hydrogen-bond acceptors (Lipinski definition) is 6. The van der Waals surface area contributed by atoms with Crippen molar-refractivity contribution in [3.8, 4) is 11.9 Å². The summed E-state index contributed by atoms with van der Waals surface area (Å²) in [6.07, 6.45) is 0. The van der Waals surface area contributed by atoms with Crippen LogP contribution in [0.5, 0.6) is 5.88 Å². The molecule has 0 radical (unpaired) electrons. The van der Waals surface area contributed by atoms with E-state index < -0.39 is 0 Å². The van der Waals surface area contributed by atoms with Crippen LogP contribution in [0.3, 0.4) is 0 Å². The molecule has 3 heterocycles. The Balaban J connectivity index is 1.51. The van der Waals surface area contributed by atoms with Crippen LogP contribution in [-0.2, 0) is 7.05 Å². The zero-order chi connectivity index (χ0) is 26.1. The van der Waals surface area contributed by atoms with Gasteiger partial charge in [-0.1, -0.05) is 47.5 Å². The van der Waals surface area contributed by atoms with E-state index in [2.05, 4.69) is 20.9 Å². The Hall–Kier alpha value is -3.57. The number of nitrogens with zero attached hydrogens (tertiary/aromatic N) is 5. The summed E-state index contributed by atoms with van der Waals surface area (Å²) in [5.74, 6) is 0.431. The zero-order valence-corrected chi connectivity index (χ0v) is 22.0. The van der Waals surface area contributed by atoms with Gasteiger partial charge in [0.05, 0.1) is 24.4 Å². The molecule has 0 spiro atoms. The highest BCUT2D eigenvalue weighted by Crippen LogP contribution is 2.34. The summed E-state index contributed by atoms with van der Waals surface area (Å²) < 4.78 is 6.81. The zero-order valence-electron chi connectivity index (χ0n) is 20.5. The molecule has 5 rings (SSSR count).